The van der Waals surface area contributed by atoms with Gasteiger partial charge in [0, 0.05) is 18.7 Å². The van der Waals surface area contributed by atoms with E-state index in [1.54, 1.807) is 40.3 Å². The molecule has 242 valence electrons. The number of methoxy groups -OCH3 is 1. The van der Waals surface area contributed by atoms with E-state index < -0.39 is 22.0 Å². The molecule has 9 heteroatoms. The van der Waals surface area contributed by atoms with Gasteiger partial charge in [0.05, 0.1) is 12.0 Å². The molecule has 1 fully saturated rings. The lowest BCUT2D eigenvalue weighted by Gasteiger charge is -2.27. The second kappa shape index (κ2) is 16.4. The van der Waals surface area contributed by atoms with Gasteiger partial charge < -0.3 is 10.1 Å². The summed E-state index contributed by atoms with van der Waals surface area (Å²) in [6.07, 6.45) is 9.15. The Labute approximate surface area is 273 Å². The van der Waals surface area contributed by atoms with Crippen LogP contribution in [0, 0.1) is 19.8 Å². The third kappa shape index (κ3) is 9.21. The number of thioether (sulfide) groups is 1. The van der Waals surface area contributed by atoms with Crippen molar-refractivity contribution >= 4 is 33.7 Å². The number of hydrogen-bond acceptors (Lipinski definition) is 6. The fraction of sp³-hybridized carbons (Fsp3) is 0.444. The van der Waals surface area contributed by atoms with Gasteiger partial charge in [-0.2, -0.15) is 16.1 Å². The van der Waals surface area contributed by atoms with Crippen molar-refractivity contribution in [2.24, 2.45) is 5.92 Å². The summed E-state index contributed by atoms with van der Waals surface area (Å²) < 4.78 is 34.7. The maximum atomic E-state index is 14.1. The summed E-state index contributed by atoms with van der Waals surface area (Å²) in [5.41, 5.74) is 4.65. The maximum absolute atomic E-state index is 14.1. The average Bonchev–Trinajstić information content (AvgIpc) is 3.05. The number of carbonyl (C=O) groups is 2. The van der Waals surface area contributed by atoms with Crippen LogP contribution in [-0.4, -0.2) is 56.3 Å². The molecule has 0 aromatic heterocycles. The Balaban J connectivity index is 1.71. The van der Waals surface area contributed by atoms with E-state index in [4.69, 9.17) is 4.74 Å². The van der Waals surface area contributed by atoms with Gasteiger partial charge in [-0.05, 0) is 96.7 Å². The van der Waals surface area contributed by atoms with Crippen molar-refractivity contribution in [1.29, 1.82) is 0 Å². The number of ether oxygens (including phenoxy) is 1. The van der Waals surface area contributed by atoms with Crippen LogP contribution in [0.2, 0.25) is 0 Å². The molecule has 0 radical (unpaired) electrons. The first-order valence-electron chi connectivity index (χ1n) is 15.8. The first-order chi connectivity index (χ1) is 21.6. The summed E-state index contributed by atoms with van der Waals surface area (Å²) in [4.78, 5) is 26.5. The zero-order valence-corrected chi connectivity index (χ0v) is 28.5. The minimum atomic E-state index is -3.77. The van der Waals surface area contributed by atoms with Crippen LogP contribution >= 0.6 is 11.8 Å². The quantitative estimate of drug-likeness (QED) is 0.186. The molecule has 0 aliphatic heterocycles. The standard InChI is InChI=1S/C36H46N2O5S2/c1-26-11-10-15-30(23-26)45(41,42)38(21-19-28-13-6-5-7-14-28)25-29-17-18-32(33(24-29)31-16-9-8-12-27(31)2)35(39)37-34(20-22-44-4)36(40)43-3/h8-12,15-18,23-24,28,34H,5-7,13-14,19-22,25H2,1-4H3,(H,37,39)/t34-/m0/s1. The van der Waals surface area contributed by atoms with Crippen molar-refractivity contribution in [1.82, 2.24) is 9.62 Å². The van der Waals surface area contributed by atoms with E-state index in [2.05, 4.69) is 5.32 Å². The number of nitrogens with one attached hydrogen (secondary N) is 1. The summed E-state index contributed by atoms with van der Waals surface area (Å²) in [5.74, 6) is 0.353. The number of carbonyl (C=O) groups excluding carboxylic acids is 2. The lowest BCUT2D eigenvalue weighted by Crippen LogP contribution is -2.42. The normalized spacial score (nSPS) is 14.7. The molecule has 1 amide bonds. The van der Waals surface area contributed by atoms with Crippen LogP contribution in [0.4, 0.5) is 0 Å². The van der Waals surface area contributed by atoms with E-state index >= 15 is 0 Å². The fourth-order valence-corrected chi connectivity index (χ4v) is 8.08. The Hall–Kier alpha value is -3.14. The summed E-state index contributed by atoms with van der Waals surface area (Å²) in [6, 6.07) is 19.6. The third-order valence-corrected chi connectivity index (χ3v) is 11.1. The van der Waals surface area contributed by atoms with Gasteiger partial charge in [-0.15, -0.1) is 0 Å². The molecular weight excluding hydrogens is 605 g/mol. The largest absolute Gasteiger partial charge is 0.467 e. The number of hydrogen-bond donors (Lipinski definition) is 1. The van der Waals surface area contributed by atoms with Crippen LogP contribution in [0.3, 0.4) is 0 Å². The molecule has 1 atom stereocenters. The van der Waals surface area contributed by atoms with Crippen molar-refractivity contribution in [3.8, 4) is 11.1 Å². The molecule has 1 aliphatic carbocycles. The molecule has 45 heavy (non-hydrogen) atoms. The topological polar surface area (TPSA) is 92.8 Å². The van der Waals surface area contributed by atoms with Crippen molar-refractivity contribution in [2.45, 2.75) is 76.3 Å². The van der Waals surface area contributed by atoms with Crippen molar-refractivity contribution in [2.75, 3.05) is 25.7 Å². The number of benzene rings is 3. The number of rotatable bonds is 14. The smallest absolute Gasteiger partial charge is 0.328 e. The van der Waals surface area contributed by atoms with Crippen LogP contribution in [0.15, 0.2) is 71.6 Å². The average molecular weight is 651 g/mol. The van der Waals surface area contributed by atoms with Gasteiger partial charge in [0.2, 0.25) is 10.0 Å². The molecule has 1 N–H and O–H groups in total. The van der Waals surface area contributed by atoms with E-state index in [1.807, 2.05) is 62.6 Å². The number of amides is 1. The number of sulfonamides is 1. The van der Waals surface area contributed by atoms with Gasteiger partial charge in [0.25, 0.3) is 5.91 Å². The second-order valence-electron chi connectivity index (χ2n) is 12.0. The molecule has 1 saturated carbocycles. The molecule has 0 spiro atoms. The third-order valence-electron chi connectivity index (χ3n) is 8.66. The van der Waals surface area contributed by atoms with Crippen molar-refractivity contribution in [3.05, 3.63) is 89.0 Å². The zero-order chi connectivity index (χ0) is 32.4. The van der Waals surface area contributed by atoms with Gasteiger partial charge in [0.15, 0.2) is 0 Å². The minimum Gasteiger partial charge on any atom is -0.467 e. The van der Waals surface area contributed by atoms with Crippen molar-refractivity contribution in [3.63, 3.8) is 0 Å². The molecule has 0 bridgehead atoms. The first-order valence-corrected chi connectivity index (χ1v) is 18.6. The molecule has 4 rings (SSSR count). The van der Waals surface area contributed by atoms with E-state index in [1.165, 1.54) is 26.4 Å². The first kappa shape index (κ1) is 34.7. The molecule has 0 heterocycles. The Bertz CT molecular complexity index is 1570. The van der Waals surface area contributed by atoms with Gasteiger partial charge in [0.1, 0.15) is 6.04 Å². The van der Waals surface area contributed by atoms with E-state index in [0.29, 0.717) is 40.7 Å². The van der Waals surface area contributed by atoms with Gasteiger partial charge in [-0.1, -0.05) is 74.6 Å². The Morgan fingerprint density at radius 2 is 1.73 bits per heavy atom. The molecule has 3 aromatic carbocycles. The number of nitrogens with zero attached hydrogens (tertiary/aromatic N) is 1. The highest BCUT2D eigenvalue weighted by atomic mass is 32.2. The molecule has 3 aromatic rings. The number of esters is 1. The monoisotopic (exact) mass is 650 g/mol. The Kier molecular flexibility index (Phi) is 12.7. The Morgan fingerprint density at radius 1 is 0.978 bits per heavy atom. The highest BCUT2D eigenvalue weighted by Crippen LogP contribution is 2.31. The second-order valence-corrected chi connectivity index (χ2v) is 14.9. The summed E-state index contributed by atoms with van der Waals surface area (Å²) in [5, 5.41) is 2.88. The van der Waals surface area contributed by atoms with Gasteiger partial charge in [-0.3, -0.25) is 4.79 Å². The van der Waals surface area contributed by atoms with Gasteiger partial charge in [-0.25, -0.2) is 13.2 Å². The van der Waals surface area contributed by atoms with E-state index in [-0.39, 0.29) is 12.5 Å². The molecule has 7 nitrogen and oxygen atoms in total. The minimum absolute atomic E-state index is 0.183. The summed E-state index contributed by atoms with van der Waals surface area (Å²) in [7, 11) is -2.45. The molecule has 0 unspecified atom stereocenters. The lowest BCUT2D eigenvalue weighted by atomic mass is 9.87. The highest BCUT2D eigenvalue weighted by molar-refractivity contribution is 7.98. The predicted molar refractivity (Wildman–Crippen MR) is 183 cm³/mol. The summed E-state index contributed by atoms with van der Waals surface area (Å²) in [6.45, 7) is 4.50. The van der Waals surface area contributed by atoms with Crippen LogP contribution < -0.4 is 5.32 Å². The molecular formula is C36H46N2O5S2. The molecule has 1 aliphatic rings. The lowest BCUT2D eigenvalue weighted by molar-refractivity contribution is -0.142. The number of aryl methyl sites for hydroxylation is 2. The van der Waals surface area contributed by atoms with Crippen LogP contribution in [0.5, 0.6) is 0 Å². The van der Waals surface area contributed by atoms with Crippen LogP contribution in [0.1, 0.15) is 72.0 Å². The van der Waals surface area contributed by atoms with Crippen LogP contribution in [-0.2, 0) is 26.1 Å². The highest BCUT2D eigenvalue weighted by Gasteiger charge is 2.28. The Morgan fingerprint density at radius 3 is 2.42 bits per heavy atom. The van der Waals surface area contributed by atoms with E-state index in [0.717, 1.165) is 41.5 Å². The zero-order valence-electron chi connectivity index (χ0n) is 26.9. The van der Waals surface area contributed by atoms with Crippen LogP contribution in [0.25, 0.3) is 11.1 Å². The summed E-state index contributed by atoms with van der Waals surface area (Å²) >= 11 is 1.59. The van der Waals surface area contributed by atoms with E-state index in [9.17, 15) is 18.0 Å². The predicted octanol–water partition coefficient (Wildman–Crippen LogP) is 7.16. The SMILES string of the molecule is COC(=O)[C@H](CCSC)NC(=O)c1ccc(CN(CCC2CCCCC2)S(=O)(=O)c2cccc(C)c2)cc1-c1ccccc1C. The fourth-order valence-electron chi connectivity index (χ4n) is 6.06. The van der Waals surface area contributed by atoms with Gasteiger partial charge >= 0.3 is 5.97 Å². The maximum Gasteiger partial charge on any atom is 0.328 e. The molecule has 0 saturated heterocycles. The van der Waals surface area contributed by atoms with Crippen molar-refractivity contribution < 1.29 is 22.7 Å².